The molecule has 74 valence electrons. The third-order valence-electron chi connectivity index (χ3n) is 1.48. The molecule has 1 aromatic rings. The Morgan fingerprint density at radius 2 is 1.93 bits per heavy atom. The predicted octanol–water partition coefficient (Wildman–Crippen LogP) is 3.46. The number of hydrogen-bond donors (Lipinski definition) is 0. The molecule has 0 aromatic heterocycles. The van der Waals surface area contributed by atoms with Crippen LogP contribution >= 0.6 is 13.6 Å². The van der Waals surface area contributed by atoms with Crippen molar-refractivity contribution in [2.75, 3.05) is 13.3 Å². The van der Waals surface area contributed by atoms with Gasteiger partial charge < -0.3 is 4.74 Å². The first-order valence-corrected chi connectivity index (χ1v) is 11.3. The minimum atomic E-state index is -0.258. The molecule has 4 heteroatoms. The standard InChI is InChI=1S/C10H12FO.BrH.Zn/c11-8-4-5-9-12-10-6-2-1-3-7-10;;/h2-3,6-7H,4-5,8-9H2;1H;/q-1;;+2/p-1. The maximum absolute atomic E-state index is 11.7. The Kier molecular flexibility index (Phi) is 11.2. The van der Waals surface area contributed by atoms with Crippen molar-refractivity contribution in [2.24, 2.45) is 0 Å². The van der Waals surface area contributed by atoms with Crippen LogP contribution in [0.4, 0.5) is 4.39 Å². The molecule has 0 saturated carbocycles. The Hall–Kier alpha value is 0.0534. The summed E-state index contributed by atoms with van der Waals surface area (Å²) in [4.78, 5) is 0. The van der Waals surface area contributed by atoms with E-state index in [-0.39, 0.29) is 6.67 Å². The normalized spacial score (nSPS) is 8.86. The van der Waals surface area contributed by atoms with E-state index in [9.17, 15) is 4.39 Å². The van der Waals surface area contributed by atoms with Crippen LogP contribution < -0.4 is 4.74 Å². The van der Waals surface area contributed by atoms with Crippen molar-refractivity contribution in [3.05, 3.63) is 30.3 Å². The fraction of sp³-hybridized carbons (Fsp3) is 0.400. The van der Waals surface area contributed by atoms with Crippen molar-refractivity contribution in [1.82, 2.24) is 0 Å². The second-order valence-electron chi connectivity index (χ2n) is 2.48. The van der Waals surface area contributed by atoms with Crippen LogP contribution in [0.3, 0.4) is 0 Å². The molecule has 0 bridgehead atoms. The molecule has 14 heavy (non-hydrogen) atoms. The summed E-state index contributed by atoms with van der Waals surface area (Å²) in [7, 11) is 0. The van der Waals surface area contributed by atoms with E-state index in [1.807, 2.05) is 12.1 Å². The van der Waals surface area contributed by atoms with Gasteiger partial charge in [0.05, 0.1) is 13.3 Å². The molecule has 0 heterocycles. The summed E-state index contributed by atoms with van der Waals surface area (Å²) in [5.41, 5.74) is 0. The first-order valence-electron chi connectivity index (χ1n) is 4.35. The van der Waals surface area contributed by atoms with Crippen LogP contribution in [0, 0.1) is 6.07 Å². The molecule has 0 saturated heterocycles. The first kappa shape index (κ1) is 14.1. The molecule has 0 radical (unpaired) electrons. The van der Waals surface area contributed by atoms with Gasteiger partial charge >= 0.3 is 30.0 Å². The van der Waals surface area contributed by atoms with Crippen LogP contribution in [0.15, 0.2) is 24.3 Å². The van der Waals surface area contributed by atoms with Crippen molar-refractivity contribution in [2.45, 2.75) is 12.8 Å². The third-order valence-corrected chi connectivity index (χ3v) is 1.48. The zero-order valence-corrected chi connectivity index (χ0v) is 12.6. The molecule has 0 aliphatic rings. The van der Waals surface area contributed by atoms with E-state index in [1.54, 1.807) is 12.1 Å². The average Bonchev–Trinajstić information content (AvgIpc) is 2.29. The Bertz CT molecular complexity index is 209. The zero-order chi connectivity index (χ0) is 10.6. The van der Waals surface area contributed by atoms with Gasteiger partial charge in [-0.2, -0.15) is 18.2 Å². The third kappa shape index (κ3) is 7.46. The topological polar surface area (TPSA) is 9.23 Å². The number of halogens is 2. The summed E-state index contributed by atoms with van der Waals surface area (Å²) < 4.78 is 17.0. The number of ether oxygens (including phenoxy) is 1. The summed E-state index contributed by atoms with van der Waals surface area (Å²) in [5, 5.41) is 0. The van der Waals surface area contributed by atoms with Gasteiger partial charge in [0, 0.05) is 5.75 Å². The van der Waals surface area contributed by atoms with Gasteiger partial charge in [0.1, 0.15) is 0 Å². The maximum atomic E-state index is 11.7. The molecular weight excluding hydrogens is 300 g/mol. The van der Waals surface area contributed by atoms with Gasteiger partial charge in [-0.05, 0) is 12.8 Å². The van der Waals surface area contributed by atoms with Crippen molar-refractivity contribution >= 4 is 13.6 Å². The van der Waals surface area contributed by atoms with Gasteiger partial charge in [-0.15, -0.1) is 12.1 Å². The van der Waals surface area contributed by atoms with E-state index >= 15 is 0 Å². The molecule has 0 N–H and O–H groups in total. The van der Waals surface area contributed by atoms with Crippen LogP contribution in [-0.4, -0.2) is 13.3 Å². The van der Waals surface area contributed by atoms with Gasteiger partial charge in [-0.3, -0.25) is 4.39 Å². The second kappa shape index (κ2) is 11.1. The summed E-state index contributed by atoms with van der Waals surface area (Å²) in [5.74, 6) is 0.826. The Labute approximate surface area is 101 Å². The number of rotatable bonds is 5. The van der Waals surface area contributed by atoms with E-state index < -0.39 is 0 Å². The first-order chi connectivity index (χ1) is 6.93. The molecule has 1 rings (SSSR count). The fourth-order valence-electron chi connectivity index (χ4n) is 0.854. The number of unbranched alkanes of at least 4 members (excludes halogenated alkanes) is 1. The summed E-state index contributed by atoms with van der Waals surface area (Å²) in [6, 6.07) is 10.2. The van der Waals surface area contributed by atoms with Gasteiger partial charge in [-0.25, -0.2) is 0 Å². The predicted molar refractivity (Wildman–Crippen MR) is 54.9 cm³/mol. The quantitative estimate of drug-likeness (QED) is 0.460. The van der Waals surface area contributed by atoms with Gasteiger partial charge in [0.15, 0.2) is 0 Å². The second-order valence-corrected chi connectivity index (χ2v) is 2.48. The molecule has 0 aliphatic carbocycles. The molecule has 0 aliphatic heterocycles. The van der Waals surface area contributed by atoms with Crippen LogP contribution in [0.1, 0.15) is 12.8 Å². The Balaban J connectivity index is 0.000000791. The van der Waals surface area contributed by atoms with E-state index in [2.05, 4.69) is 19.7 Å². The van der Waals surface area contributed by atoms with Gasteiger partial charge in [-0.1, -0.05) is 0 Å². The van der Waals surface area contributed by atoms with Crippen LogP contribution in [0.25, 0.3) is 0 Å². The molecule has 1 aromatic carbocycles. The van der Waals surface area contributed by atoms with E-state index in [0.29, 0.717) is 13.0 Å². The Morgan fingerprint density at radius 3 is 2.50 bits per heavy atom. The average molecular weight is 312 g/mol. The van der Waals surface area contributed by atoms with Crippen molar-refractivity contribution in [1.29, 1.82) is 0 Å². The van der Waals surface area contributed by atoms with E-state index in [0.717, 1.165) is 12.2 Å². The van der Waals surface area contributed by atoms with Crippen LogP contribution in [0.5, 0.6) is 5.75 Å². The van der Waals surface area contributed by atoms with Gasteiger partial charge in [0.25, 0.3) is 0 Å². The summed E-state index contributed by atoms with van der Waals surface area (Å²) in [6.45, 7) is 0.333. The molecule has 0 atom stereocenters. The minimum absolute atomic E-state index is 0.258. The van der Waals surface area contributed by atoms with Crippen LogP contribution in [0.2, 0.25) is 0 Å². The summed E-state index contributed by atoms with van der Waals surface area (Å²) in [6.07, 6.45) is 1.36. The molecular formula is C10H12BrFOZn. The molecule has 1 nitrogen and oxygen atoms in total. The van der Waals surface area contributed by atoms with Crippen molar-refractivity contribution < 1.29 is 25.5 Å². The van der Waals surface area contributed by atoms with E-state index in [1.165, 1.54) is 16.3 Å². The van der Waals surface area contributed by atoms with Crippen molar-refractivity contribution in [3.8, 4) is 5.75 Å². The molecule has 0 unspecified atom stereocenters. The summed E-state index contributed by atoms with van der Waals surface area (Å²) >= 11 is 4.25. The fourth-order valence-corrected chi connectivity index (χ4v) is 0.854. The molecule has 0 fully saturated rings. The zero-order valence-electron chi connectivity index (χ0n) is 8.01. The van der Waals surface area contributed by atoms with Crippen LogP contribution in [-0.2, 0) is 16.3 Å². The molecule has 0 amide bonds. The van der Waals surface area contributed by atoms with Crippen molar-refractivity contribution in [3.63, 3.8) is 0 Å². The number of alkyl halides is 1. The Morgan fingerprint density at radius 1 is 1.29 bits per heavy atom. The molecule has 0 spiro atoms. The number of benzene rings is 1. The van der Waals surface area contributed by atoms with E-state index in [4.69, 9.17) is 4.74 Å². The monoisotopic (exact) mass is 310 g/mol. The number of hydrogen-bond acceptors (Lipinski definition) is 1. The van der Waals surface area contributed by atoms with Gasteiger partial charge in [0.2, 0.25) is 0 Å². The SMILES string of the molecule is FCCCCOc1cc[c-]cc1.[Zn+][Br].